The Hall–Kier alpha value is -3.50. The first-order valence-electron chi connectivity index (χ1n) is 14.1. The lowest BCUT2D eigenvalue weighted by molar-refractivity contribution is -0.126. The molecule has 1 N–H and O–H groups in total. The zero-order valence-corrected chi connectivity index (χ0v) is 23.7. The number of aromatic nitrogens is 2. The molecule has 2 saturated heterocycles. The van der Waals surface area contributed by atoms with Crippen LogP contribution in [0.15, 0.2) is 36.9 Å². The molecule has 3 aliphatic rings. The van der Waals surface area contributed by atoms with Gasteiger partial charge in [0.1, 0.15) is 22.9 Å². The molecule has 1 aliphatic carbocycles. The van der Waals surface area contributed by atoms with E-state index in [-0.39, 0.29) is 33.6 Å². The molecular weight excluding hydrogens is 550 g/mol. The zero-order valence-electron chi connectivity index (χ0n) is 23.0. The van der Waals surface area contributed by atoms with Crippen molar-refractivity contribution in [1.82, 2.24) is 19.8 Å². The number of likely N-dealkylation sites (tertiary alicyclic amines) is 1. The van der Waals surface area contributed by atoms with Gasteiger partial charge in [0.05, 0.1) is 10.6 Å². The van der Waals surface area contributed by atoms with Gasteiger partial charge in [-0.15, -0.1) is 0 Å². The highest BCUT2D eigenvalue weighted by Crippen LogP contribution is 2.43. The van der Waals surface area contributed by atoms with Crippen LogP contribution >= 0.6 is 11.6 Å². The van der Waals surface area contributed by atoms with Crippen LogP contribution in [-0.2, 0) is 4.79 Å². The van der Waals surface area contributed by atoms with Crippen molar-refractivity contribution in [2.45, 2.75) is 37.8 Å². The van der Waals surface area contributed by atoms with E-state index in [0.29, 0.717) is 49.4 Å². The molecule has 3 heterocycles. The lowest BCUT2D eigenvalue weighted by Crippen LogP contribution is -2.49. The van der Waals surface area contributed by atoms with Gasteiger partial charge in [0.15, 0.2) is 5.82 Å². The van der Waals surface area contributed by atoms with Gasteiger partial charge < -0.3 is 24.7 Å². The number of piperidine rings is 1. The van der Waals surface area contributed by atoms with Crippen molar-refractivity contribution in [1.29, 1.82) is 0 Å². The minimum atomic E-state index is -0.824. The number of piperazine rings is 1. The van der Waals surface area contributed by atoms with Gasteiger partial charge in [-0.2, -0.15) is 4.98 Å². The van der Waals surface area contributed by atoms with Crippen LogP contribution < -0.4 is 9.80 Å². The normalized spacial score (nSPS) is 18.6. The summed E-state index contributed by atoms with van der Waals surface area (Å²) in [5.41, 5.74) is -0.554. The molecule has 41 heavy (non-hydrogen) atoms. The molecule has 3 aromatic rings. The quantitative estimate of drug-likeness (QED) is 0.417. The average Bonchev–Trinajstić information content (AvgIpc) is 3.83. The number of halogens is 3. The Morgan fingerprint density at radius 2 is 1.78 bits per heavy atom. The number of fused-ring (bicyclic) bond motifs is 1. The first-order valence-corrected chi connectivity index (χ1v) is 14.5. The van der Waals surface area contributed by atoms with E-state index in [1.807, 2.05) is 16.8 Å². The number of rotatable bonds is 6. The summed E-state index contributed by atoms with van der Waals surface area (Å²) in [7, 11) is 1.93. The van der Waals surface area contributed by atoms with Crippen LogP contribution in [0, 0.1) is 11.6 Å². The van der Waals surface area contributed by atoms with Crippen LogP contribution in [0.5, 0.6) is 5.75 Å². The Morgan fingerprint density at radius 1 is 1.07 bits per heavy atom. The molecule has 0 bridgehead atoms. The molecule has 0 radical (unpaired) electrons. The van der Waals surface area contributed by atoms with Crippen LogP contribution in [0.2, 0.25) is 5.02 Å². The number of phenols is 1. The Balaban J connectivity index is 1.43. The molecule has 2 aromatic carbocycles. The third kappa shape index (κ3) is 5.19. The lowest BCUT2D eigenvalue weighted by atomic mass is 10.0. The summed E-state index contributed by atoms with van der Waals surface area (Å²) in [5, 5.41) is 10.8. The topological polar surface area (TPSA) is 76.0 Å². The summed E-state index contributed by atoms with van der Waals surface area (Å²) >= 11 is 6.58. The minimum Gasteiger partial charge on any atom is -0.507 e. The maximum atomic E-state index is 16.4. The zero-order chi connectivity index (χ0) is 28.8. The molecule has 8 nitrogen and oxygen atoms in total. The molecule has 6 rings (SSSR count). The van der Waals surface area contributed by atoms with Crippen molar-refractivity contribution >= 4 is 40.2 Å². The van der Waals surface area contributed by atoms with Gasteiger partial charge in [-0.05, 0) is 50.0 Å². The number of phenolic OH excluding ortho intramolecular Hbond substituents is 1. The number of nitrogens with zero attached hydrogens (tertiary/aromatic N) is 6. The van der Waals surface area contributed by atoms with E-state index in [0.717, 1.165) is 32.0 Å². The predicted molar refractivity (Wildman–Crippen MR) is 157 cm³/mol. The number of amides is 1. The minimum absolute atomic E-state index is 0.00100. The number of aromatic hydroxyl groups is 1. The number of anilines is 2. The van der Waals surface area contributed by atoms with Gasteiger partial charge in [0.25, 0.3) is 0 Å². The molecule has 1 amide bonds. The highest BCUT2D eigenvalue weighted by molar-refractivity contribution is 6.34. The SMILES string of the molecule is C=CC(=O)N1CCN(c2nc(N(C)C3CCN(C4CC4)CC3)nc3c(F)c(-c4c(O)cccc4F)c(Cl)cc23)CC1. The van der Waals surface area contributed by atoms with Crippen LogP contribution in [0.4, 0.5) is 20.5 Å². The highest BCUT2D eigenvalue weighted by Gasteiger charge is 2.34. The van der Waals surface area contributed by atoms with Crippen LogP contribution in [0.3, 0.4) is 0 Å². The van der Waals surface area contributed by atoms with Gasteiger partial charge in [-0.25, -0.2) is 13.8 Å². The summed E-state index contributed by atoms with van der Waals surface area (Å²) in [6.45, 7) is 7.44. The summed E-state index contributed by atoms with van der Waals surface area (Å²) in [5.74, 6) is -1.30. The molecule has 11 heteroatoms. The smallest absolute Gasteiger partial charge is 0.246 e. The summed E-state index contributed by atoms with van der Waals surface area (Å²) in [4.78, 5) is 30.0. The number of carbonyl (C=O) groups is 1. The number of benzene rings is 2. The van der Waals surface area contributed by atoms with Crippen molar-refractivity contribution in [3.8, 4) is 16.9 Å². The second kappa shape index (κ2) is 11.1. The third-order valence-corrected chi connectivity index (χ3v) is 8.88. The molecule has 1 aromatic heterocycles. The summed E-state index contributed by atoms with van der Waals surface area (Å²) < 4.78 is 31.3. The van der Waals surface area contributed by atoms with Crippen molar-refractivity contribution in [3.63, 3.8) is 0 Å². The molecule has 0 spiro atoms. The maximum Gasteiger partial charge on any atom is 0.246 e. The van der Waals surface area contributed by atoms with Crippen molar-refractivity contribution in [2.75, 3.05) is 56.1 Å². The fourth-order valence-corrected chi connectivity index (χ4v) is 6.35. The predicted octanol–water partition coefficient (Wildman–Crippen LogP) is 4.83. The molecule has 3 fully saturated rings. The van der Waals surface area contributed by atoms with E-state index in [9.17, 15) is 14.3 Å². The van der Waals surface area contributed by atoms with E-state index in [1.54, 1.807) is 4.90 Å². The summed E-state index contributed by atoms with van der Waals surface area (Å²) in [6.07, 6.45) is 5.73. The van der Waals surface area contributed by atoms with Gasteiger partial charge in [0.2, 0.25) is 11.9 Å². The molecule has 0 unspecified atom stereocenters. The Labute approximate surface area is 242 Å². The molecular formula is C30H33ClF2N6O2. The van der Waals surface area contributed by atoms with E-state index in [2.05, 4.69) is 16.5 Å². The van der Waals surface area contributed by atoms with E-state index in [1.165, 1.54) is 37.1 Å². The molecule has 2 aliphatic heterocycles. The highest BCUT2D eigenvalue weighted by atomic mass is 35.5. The van der Waals surface area contributed by atoms with Crippen molar-refractivity contribution in [2.24, 2.45) is 0 Å². The monoisotopic (exact) mass is 582 g/mol. The summed E-state index contributed by atoms with van der Waals surface area (Å²) in [6, 6.07) is 6.22. The second-order valence-electron chi connectivity index (χ2n) is 11.1. The average molecular weight is 583 g/mol. The third-order valence-electron chi connectivity index (χ3n) is 8.58. The van der Waals surface area contributed by atoms with E-state index >= 15 is 4.39 Å². The largest absolute Gasteiger partial charge is 0.507 e. The fraction of sp³-hybridized carbons (Fsp3) is 0.433. The number of hydrogen-bond acceptors (Lipinski definition) is 7. The maximum absolute atomic E-state index is 16.4. The molecule has 1 saturated carbocycles. The van der Waals surface area contributed by atoms with Gasteiger partial charge >= 0.3 is 0 Å². The number of hydrogen-bond donors (Lipinski definition) is 1. The van der Waals surface area contributed by atoms with E-state index in [4.69, 9.17) is 16.6 Å². The molecule has 0 atom stereocenters. The standard InChI is InChI=1S/C30H33ClF2N6O2/c1-3-24(41)38-13-15-39(16-14-38)29-20-17-21(31)25(26-22(32)5-4-6-23(26)40)27(33)28(20)34-30(35-29)36(2)18-9-11-37(12-10-18)19-7-8-19/h3-6,17-19,40H,1,7-16H2,2H3. The van der Waals surface area contributed by atoms with Crippen LogP contribution in [0.25, 0.3) is 22.0 Å². The second-order valence-corrected chi connectivity index (χ2v) is 11.5. The van der Waals surface area contributed by atoms with Gasteiger partial charge in [-0.1, -0.05) is 24.2 Å². The first kappa shape index (κ1) is 27.7. The Morgan fingerprint density at radius 3 is 2.41 bits per heavy atom. The van der Waals surface area contributed by atoms with E-state index < -0.39 is 17.4 Å². The van der Waals surface area contributed by atoms with Crippen molar-refractivity contribution in [3.05, 3.63) is 53.6 Å². The number of carbonyl (C=O) groups excluding carboxylic acids is 1. The van der Waals surface area contributed by atoms with Crippen LogP contribution in [0.1, 0.15) is 25.7 Å². The Kier molecular flexibility index (Phi) is 7.46. The van der Waals surface area contributed by atoms with Crippen LogP contribution in [-0.4, -0.2) is 89.2 Å². The Bertz CT molecular complexity index is 1480. The first-order chi connectivity index (χ1) is 19.8. The lowest BCUT2D eigenvalue weighted by Gasteiger charge is -2.38. The van der Waals surface area contributed by atoms with Crippen molar-refractivity contribution < 1.29 is 18.7 Å². The molecule has 216 valence electrons. The fourth-order valence-electron chi connectivity index (χ4n) is 6.07. The van der Waals surface area contributed by atoms with Gasteiger partial charge in [0, 0.05) is 69.3 Å². The van der Waals surface area contributed by atoms with Gasteiger partial charge in [-0.3, -0.25) is 4.79 Å².